The van der Waals surface area contributed by atoms with E-state index in [-0.39, 0.29) is 11.8 Å². The van der Waals surface area contributed by atoms with Gasteiger partial charge < -0.3 is 10.6 Å². The Hall–Kier alpha value is -1.52. The molecule has 1 fully saturated rings. The summed E-state index contributed by atoms with van der Waals surface area (Å²) in [6.07, 6.45) is 2.62. The normalized spacial score (nSPS) is 15.3. The van der Waals surface area contributed by atoms with Crippen molar-refractivity contribution in [1.82, 2.24) is 5.32 Å². The predicted molar refractivity (Wildman–Crippen MR) is 80.0 cm³/mol. The Balaban J connectivity index is 2.10. The molecule has 6 heteroatoms. The Morgan fingerprint density at radius 3 is 2.60 bits per heavy atom. The molecular weight excluding hydrogens is 299 g/mol. The number of benzene rings is 1. The van der Waals surface area contributed by atoms with Gasteiger partial charge in [0.1, 0.15) is 5.41 Å². The van der Waals surface area contributed by atoms with Crippen LogP contribution in [0.3, 0.4) is 0 Å². The molecule has 1 aromatic rings. The Kier molecular flexibility index (Phi) is 4.35. The van der Waals surface area contributed by atoms with Crippen LogP contribution in [0, 0.1) is 5.41 Å². The van der Waals surface area contributed by atoms with Crippen LogP contribution in [0.5, 0.6) is 0 Å². The van der Waals surface area contributed by atoms with Crippen molar-refractivity contribution < 1.29 is 9.59 Å². The van der Waals surface area contributed by atoms with Gasteiger partial charge >= 0.3 is 0 Å². The number of nitrogens with one attached hydrogen (secondary N) is 2. The summed E-state index contributed by atoms with van der Waals surface area (Å²) in [7, 11) is 0. The van der Waals surface area contributed by atoms with Crippen molar-refractivity contribution in [3.63, 3.8) is 0 Å². The smallest absolute Gasteiger partial charge is 0.240 e. The predicted octanol–water partition coefficient (Wildman–Crippen LogP) is 3.01. The zero-order valence-electron chi connectivity index (χ0n) is 10.7. The molecule has 1 aliphatic carbocycles. The molecule has 2 rings (SSSR count). The summed E-state index contributed by atoms with van der Waals surface area (Å²) in [5.41, 5.74) is -0.582. The maximum atomic E-state index is 12.3. The summed E-state index contributed by atoms with van der Waals surface area (Å²) in [5.74, 6) is -0.642. The lowest BCUT2D eigenvalue weighted by atomic mass is 10.1. The lowest BCUT2D eigenvalue weighted by Gasteiger charge is -2.15. The van der Waals surface area contributed by atoms with Gasteiger partial charge in [0.25, 0.3) is 0 Å². The molecule has 0 unspecified atom stereocenters. The van der Waals surface area contributed by atoms with Crippen molar-refractivity contribution in [3.8, 4) is 0 Å². The number of rotatable bonds is 5. The molecule has 4 nitrogen and oxygen atoms in total. The van der Waals surface area contributed by atoms with E-state index < -0.39 is 5.41 Å². The first-order chi connectivity index (χ1) is 9.49. The van der Waals surface area contributed by atoms with E-state index in [1.807, 2.05) is 0 Å². The average molecular weight is 313 g/mol. The van der Waals surface area contributed by atoms with E-state index in [2.05, 4.69) is 17.2 Å². The van der Waals surface area contributed by atoms with Crippen LogP contribution < -0.4 is 10.6 Å². The SMILES string of the molecule is C=CCNC(=O)C1(C(=O)Nc2cc(Cl)ccc2Cl)CC1. The van der Waals surface area contributed by atoms with Crippen LogP contribution in [-0.4, -0.2) is 18.4 Å². The summed E-state index contributed by atoms with van der Waals surface area (Å²) >= 11 is 11.8. The van der Waals surface area contributed by atoms with Crippen molar-refractivity contribution in [3.05, 3.63) is 40.9 Å². The van der Waals surface area contributed by atoms with Crippen LogP contribution in [-0.2, 0) is 9.59 Å². The van der Waals surface area contributed by atoms with E-state index >= 15 is 0 Å². The monoisotopic (exact) mass is 312 g/mol. The zero-order chi connectivity index (χ0) is 14.8. The lowest BCUT2D eigenvalue weighted by molar-refractivity contribution is -0.134. The summed E-state index contributed by atoms with van der Waals surface area (Å²) < 4.78 is 0. The van der Waals surface area contributed by atoms with Gasteiger partial charge in [0.05, 0.1) is 10.7 Å². The second-order valence-electron chi connectivity index (χ2n) is 4.66. The average Bonchev–Trinajstić information content (AvgIpc) is 3.21. The number of hydrogen-bond acceptors (Lipinski definition) is 2. The molecule has 1 aliphatic rings. The number of hydrogen-bond donors (Lipinski definition) is 2. The standard InChI is InChI=1S/C14H14Cl2N2O2/c1-2-7-17-12(19)14(5-6-14)13(20)18-11-8-9(15)3-4-10(11)16/h2-4,8H,1,5-7H2,(H,17,19)(H,18,20). The van der Waals surface area contributed by atoms with Crippen LogP contribution in [0.4, 0.5) is 5.69 Å². The highest BCUT2D eigenvalue weighted by atomic mass is 35.5. The summed E-state index contributed by atoms with van der Waals surface area (Å²) in [5, 5.41) is 6.16. The van der Waals surface area contributed by atoms with Gasteiger partial charge in [0.2, 0.25) is 11.8 Å². The minimum atomic E-state index is -0.991. The topological polar surface area (TPSA) is 58.2 Å². The first-order valence-electron chi connectivity index (χ1n) is 6.15. The first-order valence-corrected chi connectivity index (χ1v) is 6.91. The fraction of sp³-hybridized carbons (Fsp3) is 0.286. The molecule has 0 saturated heterocycles. The Bertz CT molecular complexity index is 568. The molecular formula is C14H14Cl2N2O2. The molecule has 0 aromatic heterocycles. The molecule has 0 atom stereocenters. The van der Waals surface area contributed by atoms with Gasteiger partial charge in [0, 0.05) is 11.6 Å². The van der Waals surface area contributed by atoms with E-state index in [4.69, 9.17) is 23.2 Å². The maximum absolute atomic E-state index is 12.3. The molecule has 0 aliphatic heterocycles. The third kappa shape index (κ3) is 2.97. The Labute approximate surface area is 127 Å². The first kappa shape index (κ1) is 14.9. The lowest BCUT2D eigenvalue weighted by Crippen LogP contribution is -2.40. The van der Waals surface area contributed by atoms with Gasteiger partial charge in [-0.05, 0) is 31.0 Å². The molecule has 2 N–H and O–H groups in total. The van der Waals surface area contributed by atoms with Crippen molar-refractivity contribution in [2.45, 2.75) is 12.8 Å². The second-order valence-corrected chi connectivity index (χ2v) is 5.50. The third-order valence-electron chi connectivity index (χ3n) is 3.20. The minimum Gasteiger partial charge on any atom is -0.352 e. The number of carbonyl (C=O) groups is 2. The molecule has 2 amide bonds. The van der Waals surface area contributed by atoms with Crippen molar-refractivity contribution in [2.24, 2.45) is 5.41 Å². The van der Waals surface area contributed by atoms with Crippen molar-refractivity contribution in [1.29, 1.82) is 0 Å². The molecule has 0 heterocycles. The number of carbonyl (C=O) groups excluding carboxylic acids is 2. The van der Waals surface area contributed by atoms with E-state index in [1.54, 1.807) is 24.3 Å². The van der Waals surface area contributed by atoms with E-state index in [0.29, 0.717) is 35.1 Å². The minimum absolute atomic E-state index is 0.284. The maximum Gasteiger partial charge on any atom is 0.240 e. The highest BCUT2D eigenvalue weighted by Gasteiger charge is 2.56. The van der Waals surface area contributed by atoms with Crippen LogP contribution in [0.1, 0.15) is 12.8 Å². The zero-order valence-corrected chi connectivity index (χ0v) is 12.2. The molecule has 0 spiro atoms. The summed E-state index contributed by atoms with van der Waals surface area (Å²) in [6.45, 7) is 3.86. The molecule has 20 heavy (non-hydrogen) atoms. The fourth-order valence-corrected chi connectivity index (χ4v) is 2.19. The highest BCUT2D eigenvalue weighted by molar-refractivity contribution is 6.36. The van der Waals surface area contributed by atoms with Gasteiger partial charge in [0.15, 0.2) is 0 Å². The molecule has 0 radical (unpaired) electrons. The second kappa shape index (κ2) is 5.85. The van der Waals surface area contributed by atoms with Gasteiger partial charge in [-0.25, -0.2) is 0 Å². The number of amides is 2. The molecule has 1 saturated carbocycles. The van der Waals surface area contributed by atoms with Crippen molar-refractivity contribution >= 4 is 40.7 Å². The van der Waals surface area contributed by atoms with Crippen LogP contribution in [0.2, 0.25) is 10.0 Å². The van der Waals surface area contributed by atoms with E-state index in [1.165, 1.54) is 0 Å². The van der Waals surface area contributed by atoms with Crippen LogP contribution in [0.25, 0.3) is 0 Å². The van der Waals surface area contributed by atoms with Crippen LogP contribution >= 0.6 is 23.2 Å². The fourth-order valence-electron chi connectivity index (χ4n) is 1.85. The summed E-state index contributed by atoms with van der Waals surface area (Å²) in [6, 6.07) is 4.78. The molecule has 1 aromatic carbocycles. The third-order valence-corrected chi connectivity index (χ3v) is 3.77. The quantitative estimate of drug-likeness (QED) is 0.648. The van der Waals surface area contributed by atoms with E-state index in [9.17, 15) is 9.59 Å². The summed E-state index contributed by atoms with van der Waals surface area (Å²) in [4.78, 5) is 24.3. The molecule has 0 bridgehead atoms. The van der Waals surface area contributed by atoms with Crippen molar-refractivity contribution in [2.75, 3.05) is 11.9 Å². The molecule has 106 valence electrons. The number of halogens is 2. The Morgan fingerprint density at radius 2 is 2.00 bits per heavy atom. The largest absolute Gasteiger partial charge is 0.352 e. The van der Waals surface area contributed by atoms with E-state index in [0.717, 1.165) is 0 Å². The van der Waals surface area contributed by atoms with Gasteiger partial charge in [-0.1, -0.05) is 29.3 Å². The van der Waals surface area contributed by atoms with Gasteiger partial charge in [-0.2, -0.15) is 0 Å². The Morgan fingerprint density at radius 1 is 1.30 bits per heavy atom. The van der Waals surface area contributed by atoms with Gasteiger partial charge in [-0.3, -0.25) is 9.59 Å². The highest BCUT2D eigenvalue weighted by Crippen LogP contribution is 2.47. The van der Waals surface area contributed by atoms with Gasteiger partial charge in [-0.15, -0.1) is 6.58 Å². The number of anilines is 1. The van der Waals surface area contributed by atoms with Crippen LogP contribution in [0.15, 0.2) is 30.9 Å².